The van der Waals surface area contributed by atoms with E-state index in [2.05, 4.69) is 15.5 Å². The predicted octanol–water partition coefficient (Wildman–Crippen LogP) is 5.19. The smallest absolute Gasteiger partial charge is 0.283 e. The maximum absolute atomic E-state index is 12.0. The molecule has 0 spiro atoms. The zero-order valence-electron chi connectivity index (χ0n) is 17.4. The van der Waals surface area contributed by atoms with Gasteiger partial charge in [0.05, 0.1) is 26.3 Å². The fourth-order valence-electron chi connectivity index (χ4n) is 2.91. The van der Waals surface area contributed by atoms with Crippen molar-refractivity contribution in [2.24, 2.45) is 5.10 Å². The van der Waals surface area contributed by atoms with Gasteiger partial charge >= 0.3 is 0 Å². The summed E-state index contributed by atoms with van der Waals surface area (Å²) in [6, 6.07) is 19.8. The van der Waals surface area contributed by atoms with E-state index in [0.717, 1.165) is 20.1 Å². The number of nitro groups is 1. The highest BCUT2D eigenvalue weighted by atomic mass is 32.2. The zero-order valence-corrected chi connectivity index (χ0v) is 19.1. The SMILES string of the molecule is Cc1ccccc1OCC(=O)N/N=C/c1ccc(Sc2nc3ccccc3s2)c([N+](=O)[O-])c1. The van der Waals surface area contributed by atoms with Gasteiger partial charge in [-0.3, -0.25) is 14.9 Å². The molecule has 10 heteroatoms. The van der Waals surface area contributed by atoms with Crippen LogP contribution in [0.1, 0.15) is 11.1 Å². The predicted molar refractivity (Wildman–Crippen MR) is 129 cm³/mol. The number of para-hydroxylation sites is 2. The Morgan fingerprint density at radius 3 is 2.79 bits per heavy atom. The molecule has 0 atom stereocenters. The lowest BCUT2D eigenvalue weighted by molar-refractivity contribution is -0.387. The van der Waals surface area contributed by atoms with Gasteiger partial charge in [-0.1, -0.05) is 48.2 Å². The first-order valence-electron chi connectivity index (χ1n) is 9.82. The number of aromatic nitrogens is 1. The van der Waals surface area contributed by atoms with Gasteiger partial charge in [-0.25, -0.2) is 10.4 Å². The molecule has 1 amide bonds. The molecule has 3 aromatic carbocycles. The summed E-state index contributed by atoms with van der Waals surface area (Å²) in [5, 5.41) is 15.5. The number of benzene rings is 3. The Bertz CT molecular complexity index is 1320. The Morgan fingerprint density at radius 2 is 2.00 bits per heavy atom. The van der Waals surface area contributed by atoms with Crippen LogP contribution in [0.5, 0.6) is 5.75 Å². The Kier molecular flexibility index (Phi) is 6.96. The molecule has 0 saturated heterocycles. The van der Waals surface area contributed by atoms with Crippen LogP contribution in [0.3, 0.4) is 0 Å². The summed E-state index contributed by atoms with van der Waals surface area (Å²) in [6.07, 6.45) is 1.35. The van der Waals surface area contributed by atoms with E-state index < -0.39 is 10.8 Å². The molecule has 8 nitrogen and oxygen atoms in total. The summed E-state index contributed by atoms with van der Waals surface area (Å²) in [6.45, 7) is 1.69. The third kappa shape index (κ3) is 5.73. The van der Waals surface area contributed by atoms with Crippen molar-refractivity contribution in [2.45, 2.75) is 16.2 Å². The van der Waals surface area contributed by atoms with Gasteiger partial charge in [-0.15, -0.1) is 11.3 Å². The molecule has 1 N–H and O–H groups in total. The molecule has 4 aromatic rings. The highest BCUT2D eigenvalue weighted by Gasteiger charge is 2.17. The summed E-state index contributed by atoms with van der Waals surface area (Å²) in [4.78, 5) is 28.1. The molecule has 33 heavy (non-hydrogen) atoms. The normalized spacial score (nSPS) is 11.1. The van der Waals surface area contributed by atoms with E-state index in [1.54, 1.807) is 18.2 Å². The quantitative estimate of drug-likeness (QED) is 0.212. The summed E-state index contributed by atoms with van der Waals surface area (Å²) in [7, 11) is 0. The number of nitrogens with zero attached hydrogens (tertiary/aromatic N) is 3. The fraction of sp³-hybridized carbons (Fsp3) is 0.0870. The minimum absolute atomic E-state index is 0.0579. The molecule has 0 radical (unpaired) electrons. The molecule has 0 fully saturated rings. The van der Waals surface area contributed by atoms with E-state index >= 15 is 0 Å². The van der Waals surface area contributed by atoms with Gasteiger partial charge in [-0.05, 0) is 36.8 Å². The number of nitrogens with one attached hydrogen (secondary N) is 1. The van der Waals surface area contributed by atoms with Crippen LogP contribution in [0.2, 0.25) is 0 Å². The van der Waals surface area contributed by atoms with Gasteiger partial charge < -0.3 is 4.74 Å². The number of hydrogen-bond acceptors (Lipinski definition) is 8. The largest absolute Gasteiger partial charge is 0.483 e. The molecule has 0 aliphatic rings. The van der Waals surface area contributed by atoms with Crippen LogP contribution in [0, 0.1) is 17.0 Å². The van der Waals surface area contributed by atoms with E-state index in [4.69, 9.17) is 4.74 Å². The Hall–Kier alpha value is -3.76. The highest BCUT2D eigenvalue weighted by Crippen LogP contribution is 2.38. The minimum atomic E-state index is -0.443. The van der Waals surface area contributed by atoms with Crippen LogP contribution >= 0.6 is 23.1 Å². The molecule has 1 heterocycles. The van der Waals surface area contributed by atoms with Gasteiger partial charge in [0.1, 0.15) is 5.75 Å². The Morgan fingerprint density at radius 1 is 1.21 bits per heavy atom. The molecule has 0 bridgehead atoms. The first kappa shape index (κ1) is 22.4. The number of rotatable bonds is 8. The van der Waals surface area contributed by atoms with Gasteiger partial charge in [0.2, 0.25) is 0 Å². The first-order chi connectivity index (χ1) is 16.0. The van der Waals surface area contributed by atoms with Crippen molar-refractivity contribution < 1.29 is 14.5 Å². The summed E-state index contributed by atoms with van der Waals surface area (Å²) >= 11 is 2.73. The molecule has 4 rings (SSSR count). The lowest BCUT2D eigenvalue weighted by atomic mass is 10.2. The van der Waals surface area contributed by atoms with E-state index in [1.165, 1.54) is 35.4 Å². The molecule has 166 valence electrons. The molecule has 0 saturated carbocycles. The zero-order chi connectivity index (χ0) is 23.2. The number of fused-ring (bicyclic) bond motifs is 1. The van der Waals surface area contributed by atoms with E-state index in [0.29, 0.717) is 16.2 Å². The monoisotopic (exact) mass is 478 g/mol. The van der Waals surface area contributed by atoms with Crippen molar-refractivity contribution in [2.75, 3.05) is 6.61 Å². The number of carbonyl (C=O) groups excluding carboxylic acids is 1. The van der Waals surface area contributed by atoms with Crippen molar-refractivity contribution in [1.29, 1.82) is 0 Å². The number of ether oxygens (including phenoxy) is 1. The topological polar surface area (TPSA) is 107 Å². The second-order valence-electron chi connectivity index (χ2n) is 6.88. The number of thiazole rings is 1. The molecular formula is C23H18N4O4S2. The number of amides is 1. The third-order valence-electron chi connectivity index (χ3n) is 4.51. The number of hydrazone groups is 1. The average Bonchev–Trinajstić information content (AvgIpc) is 3.21. The van der Waals surface area contributed by atoms with Gasteiger partial charge in [0.15, 0.2) is 10.9 Å². The van der Waals surface area contributed by atoms with Crippen LogP contribution in [-0.4, -0.2) is 28.6 Å². The van der Waals surface area contributed by atoms with E-state index in [9.17, 15) is 14.9 Å². The Balaban J connectivity index is 1.40. The van der Waals surface area contributed by atoms with E-state index in [1.807, 2.05) is 49.4 Å². The third-order valence-corrected chi connectivity index (χ3v) is 6.67. The minimum Gasteiger partial charge on any atom is -0.483 e. The van der Waals surface area contributed by atoms with Crippen molar-refractivity contribution in [3.05, 3.63) is 88.0 Å². The maximum atomic E-state index is 12.0. The van der Waals surface area contributed by atoms with Gasteiger partial charge in [0.25, 0.3) is 11.6 Å². The van der Waals surface area contributed by atoms with Crippen molar-refractivity contribution in [3.8, 4) is 5.75 Å². The van der Waals surface area contributed by atoms with Crippen molar-refractivity contribution in [3.63, 3.8) is 0 Å². The number of aryl methyl sites for hydroxylation is 1. The molecular weight excluding hydrogens is 460 g/mol. The number of nitro benzene ring substituents is 1. The van der Waals surface area contributed by atoms with Crippen LogP contribution < -0.4 is 10.2 Å². The van der Waals surface area contributed by atoms with E-state index in [-0.39, 0.29) is 12.3 Å². The summed E-state index contributed by atoms with van der Waals surface area (Å²) < 4.78 is 7.21. The lowest BCUT2D eigenvalue weighted by Crippen LogP contribution is -2.24. The van der Waals surface area contributed by atoms with Gasteiger partial charge in [0, 0.05) is 11.6 Å². The maximum Gasteiger partial charge on any atom is 0.283 e. The molecule has 0 aliphatic heterocycles. The number of hydrogen-bond donors (Lipinski definition) is 1. The molecule has 1 aromatic heterocycles. The fourth-order valence-corrected chi connectivity index (χ4v) is 5.01. The average molecular weight is 479 g/mol. The first-order valence-corrected chi connectivity index (χ1v) is 11.4. The van der Waals surface area contributed by atoms with Crippen molar-refractivity contribution >= 4 is 51.1 Å². The molecule has 0 aliphatic carbocycles. The van der Waals surface area contributed by atoms with Crippen LogP contribution in [0.4, 0.5) is 5.69 Å². The summed E-state index contributed by atoms with van der Waals surface area (Å²) in [5.74, 6) is 0.181. The molecule has 0 unspecified atom stereocenters. The van der Waals surface area contributed by atoms with Crippen LogP contribution in [0.15, 0.2) is 81.1 Å². The number of carbonyl (C=O) groups is 1. The summed E-state index contributed by atoms with van der Waals surface area (Å²) in [5.41, 5.74) is 4.57. The Labute approximate surface area is 197 Å². The van der Waals surface area contributed by atoms with Crippen molar-refractivity contribution in [1.82, 2.24) is 10.4 Å². The lowest BCUT2D eigenvalue weighted by Gasteiger charge is -2.07. The standard InChI is InChI=1S/C23H18N4O4S2/c1-15-6-2-4-8-19(15)31-14-22(28)26-24-13-16-10-11-21(18(12-16)27(29)30)33-23-25-17-7-3-5-9-20(17)32-23/h2-13H,14H2,1H3,(H,26,28)/b24-13+. The second-order valence-corrected chi connectivity index (χ2v) is 9.20. The second kappa shape index (κ2) is 10.2. The van der Waals surface area contributed by atoms with Crippen LogP contribution in [-0.2, 0) is 4.79 Å². The van der Waals surface area contributed by atoms with Crippen LogP contribution in [0.25, 0.3) is 10.2 Å². The highest BCUT2D eigenvalue weighted by molar-refractivity contribution is 8.01. The van der Waals surface area contributed by atoms with Gasteiger partial charge in [-0.2, -0.15) is 5.10 Å².